The highest BCUT2D eigenvalue weighted by molar-refractivity contribution is 5.94. The number of nitrogens with one attached hydrogen (secondary N) is 1. The zero-order chi connectivity index (χ0) is 19.6. The van der Waals surface area contributed by atoms with E-state index in [0.29, 0.717) is 31.5 Å². The van der Waals surface area contributed by atoms with Gasteiger partial charge in [-0.1, -0.05) is 30.3 Å². The van der Waals surface area contributed by atoms with Gasteiger partial charge in [0.1, 0.15) is 0 Å². The van der Waals surface area contributed by atoms with Crippen molar-refractivity contribution < 1.29 is 9.53 Å². The summed E-state index contributed by atoms with van der Waals surface area (Å²) in [7, 11) is 0. The average molecular weight is 388 g/mol. The monoisotopic (exact) mass is 388 g/mol. The fourth-order valence-electron chi connectivity index (χ4n) is 3.71. The molecule has 5 rings (SSSR count). The van der Waals surface area contributed by atoms with Crippen molar-refractivity contribution in [1.29, 1.82) is 0 Å². The Morgan fingerprint density at radius 3 is 2.66 bits per heavy atom. The quantitative estimate of drug-likeness (QED) is 0.697. The molecule has 0 bridgehead atoms. The van der Waals surface area contributed by atoms with Gasteiger partial charge in [0.2, 0.25) is 11.7 Å². The molecule has 0 unspecified atom stereocenters. The molecule has 1 saturated carbocycles. The van der Waals surface area contributed by atoms with Crippen molar-refractivity contribution in [2.45, 2.75) is 25.3 Å². The lowest BCUT2D eigenvalue weighted by molar-refractivity contribution is 0.0778. The molecule has 1 atom stereocenters. The third-order valence-electron chi connectivity index (χ3n) is 5.53. The van der Waals surface area contributed by atoms with E-state index >= 15 is 0 Å². The summed E-state index contributed by atoms with van der Waals surface area (Å²) in [5.74, 6) is 1.22. The third-order valence-corrected chi connectivity index (χ3v) is 5.53. The van der Waals surface area contributed by atoms with Crippen LogP contribution >= 0.6 is 0 Å². The SMILES string of the molecule is O=C(c1nc(OCC2CC2)c2ccccc2n1)N1CC[C@@H](Nc2ccccc2)C1. The molecule has 1 saturated heterocycles. The lowest BCUT2D eigenvalue weighted by Crippen LogP contribution is -2.32. The summed E-state index contributed by atoms with van der Waals surface area (Å²) in [4.78, 5) is 24.0. The standard InChI is InChI=1S/C23H24N4O2/c28-23(27-13-12-18(14-27)24-17-6-2-1-3-7-17)21-25-20-9-5-4-8-19(20)22(26-21)29-15-16-10-11-16/h1-9,16,18,24H,10-15H2/t18-/m1/s1. The molecule has 1 aromatic heterocycles. The normalized spacial score (nSPS) is 18.8. The van der Waals surface area contributed by atoms with Crippen LogP contribution in [0.25, 0.3) is 10.9 Å². The van der Waals surface area contributed by atoms with E-state index in [1.54, 1.807) is 0 Å². The zero-order valence-corrected chi connectivity index (χ0v) is 16.3. The Bertz CT molecular complexity index is 1020. The number of rotatable bonds is 6. The molecule has 2 heterocycles. The summed E-state index contributed by atoms with van der Waals surface area (Å²) in [6.07, 6.45) is 3.32. The second-order valence-electron chi connectivity index (χ2n) is 7.87. The highest BCUT2D eigenvalue weighted by Crippen LogP contribution is 2.31. The highest BCUT2D eigenvalue weighted by atomic mass is 16.5. The van der Waals surface area contributed by atoms with Crippen LogP contribution in [0.1, 0.15) is 29.9 Å². The van der Waals surface area contributed by atoms with Gasteiger partial charge in [-0.2, -0.15) is 4.98 Å². The Morgan fingerprint density at radius 1 is 1.03 bits per heavy atom. The summed E-state index contributed by atoms with van der Waals surface area (Å²) < 4.78 is 5.96. The van der Waals surface area contributed by atoms with Crippen LogP contribution in [0.15, 0.2) is 54.6 Å². The van der Waals surface area contributed by atoms with Gasteiger partial charge in [-0.3, -0.25) is 4.79 Å². The highest BCUT2D eigenvalue weighted by Gasteiger charge is 2.29. The van der Waals surface area contributed by atoms with E-state index in [1.807, 2.05) is 59.5 Å². The number of carbonyl (C=O) groups is 1. The van der Waals surface area contributed by atoms with Gasteiger partial charge in [0.05, 0.1) is 17.5 Å². The maximum absolute atomic E-state index is 13.1. The molecule has 3 aromatic rings. The van der Waals surface area contributed by atoms with Crippen molar-refractivity contribution in [3.8, 4) is 5.88 Å². The van der Waals surface area contributed by atoms with Gasteiger partial charge < -0.3 is 15.0 Å². The van der Waals surface area contributed by atoms with Crippen LogP contribution in [0.5, 0.6) is 5.88 Å². The van der Waals surface area contributed by atoms with Crippen LogP contribution < -0.4 is 10.1 Å². The number of aromatic nitrogens is 2. The molecule has 148 valence electrons. The van der Waals surface area contributed by atoms with Gasteiger partial charge in [0.15, 0.2) is 0 Å². The van der Waals surface area contributed by atoms with Crippen molar-refractivity contribution in [3.63, 3.8) is 0 Å². The van der Waals surface area contributed by atoms with Crippen molar-refractivity contribution in [2.75, 3.05) is 25.0 Å². The van der Waals surface area contributed by atoms with E-state index in [1.165, 1.54) is 12.8 Å². The zero-order valence-electron chi connectivity index (χ0n) is 16.3. The van der Waals surface area contributed by atoms with Crippen LogP contribution in [0.3, 0.4) is 0 Å². The molecular formula is C23H24N4O2. The summed E-state index contributed by atoms with van der Waals surface area (Å²) in [5, 5.41) is 4.35. The van der Waals surface area contributed by atoms with Gasteiger partial charge in [0, 0.05) is 24.8 Å². The number of carbonyl (C=O) groups excluding carboxylic acids is 1. The number of benzene rings is 2. The molecule has 2 fully saturated rings. The molecule has 1 amide bonds. The fraction of sp³-hybridized carbons (Fsp3) is 0.348. The van der Waals surface area contributed by atoms with Gasteiger partial charge in [-0.15, -0.1) is 0 Å². The summed E-state index contributed by atoms with van der Waals surface area (Å²) in [6, 6.07) is 18.0. The number of hydrogen-bond acceptors (Lipinski definition) is 5. The molecule has 2 aliphatic rings. The molecule has 1 aliphatic heterocycles. The van der Waals surface area contributed by atoms with Crippen LogP contribution in [-0.4, -0.2) is 46.5 Å². The minimum atomic E-state index is -0.135. The number of fused-ring (bicyclic) bond motifs is 1. The predicted octanol–water partition coefficient (Wildman–Crippen LogP) is 3.75. The van der Waals surface area contributed by atoms with E-state index in [0.717, 1.165) is 23.0 Å². The van der Waals surface area contributed by atoms with E-state index < -0.39 is 0 Å². The first kappa shape index (κ1) is 17.9. The lowest BCUT2D eigenvalue weighted by Gasteiger charge is -2.18. The topological polar surface area (TPSA) is 67.3 Å². The Morgan fingerprint density at radius 2 is 1.83 bits per heavy atom. The minimum absolute atomic E-state index is 0.135. The van der Waals surface area contributed by atoms with Crippen LogP contribution in [0.2, 0.25) is 0 Å². The van der Waals surface area contributed by atoms with Crippen molar-refractivity contribution in [2.24, 2.45) is 5.92 Å². The molecule has 6 nitrogen and oxygen atoms in total. The van der Waals surface area contributed by atoms with Crippen molar-refractivity contribution in [1.82, 2.24) is 14.9 Å². The number of anilines is 1. The molecule has 29 heavy (non-hydrogen) atoms. The first-order valence-corrected chi connectivity index (χ1v) is 10.3. The van der Waals surface area contributed by atoms with Crippen LogP contribution in [-0.2, 0) is 0 Å². The maximum Gasteiger partial charge on any atom is 0.291 e. The van der Waals surface area contributed by atoms with Crippen molar-refractivity contribution in [3.05, 3.63) is 60.4 Å². The fourth-order valence-corrected chi connectivity index (χ4v) is 3.71. The van der Waals surface area contributed by atoms with Crippen molar-refractivity contribution >= 4 is 22.5 Å². The van der Waals surface area contributed by atoms with Crippen LogP contribution in [0, 0.1) is 5.92 Å². The number of ether oxygens (including phenoxy) is 1. The van der Waals surface area contributed by atoms with Gasteiger partial charge in [0.25, 0.3) is 5.91 Å². The number of amides is 1. The van der Waals surface area contributed by atoms with Gasteiger partial charge in [-0.05, 0) is 49.4 Å². The van der Waals surface area contributed by atoms with Gasteiger partial charge >= 0.3 is 0 Å². The Labute approximate surface area is 169 Å². The lowest BCUT2D eigenvalue weighted by atomic mass is 10.2. The van der Waals surface area contributed by atoms with Gasteiger partial charge in [-0.25, -0.2) is 4.98 Å². The summed E-state index contributed by atoms with van der Waals surface area (Å²) >= 11 is 0. The first-order chi connectivity index (χ1) is 14.3. The summed E-state index contributed by atoms with van der Waals surface area (Å²) in [5.41, 5.74) is 1.82. The molecule has 1 aliphatic carbocycles. The van der Waals surface area contributed by atoms with E-state index in [9.17, 15) is 4.79 Å². The molecule has 0 radical (unpaired) electrons. The number of nitrogens with zero attached hydrogens (tertiary/aromatic N) is 3. The largest absolute Gasteiger partial charge is 0.477 e. The number of para-hydroxylation sites is 2. The van der Waals surface area contributed by atoms with E-state index in [2.05, 4.69) is 15.3 Å². The Balaban J connectivity index is 1.33. The molecule has 6 heteroatoms. The summed E-state index contributed by atoms with van der Waals surface area (Å²) in [6.45, 7) is 1.99. The number of hydrogen-bond donors (Lipinski definition) is 1. The third kappa shape index (κ3) is 4.01. The van der Waals surface area contributed by atoms with E-state index in [4.69, 9.17) is 4.74 Å². The number of likely N-dealkylation sites (tertiary alicyclic amines) is 1. The molecule has 2 aromatic carbocycles. The smallest absolute Gasteiger partial charge is 0.291 e. The maximum atomic E-state index is 13.1. The Hall–Kier alpha value is -3.15. The second-order valence-corrected chi connectivity index (χ2v) is 7.87. The first-order valence-electron chi connectivity index (χ1n) is 10.3. The minimum Gasteiger partial charge on any atom is -0.477 e. The predicted molar refractivity (Wildman–Crippen MR) is 112 cm³/mol. The second kappa shape index (κ2) is 7.70. The molecule has 1 N–H and O–H groups in total. The average Bonchev–Trinajstić information content (AvgIpc) is 3.48. The Kier molecular flexibility index (Phi) is 4.76. The molecular weight excluding hydrogens is 364 g/mol. The van der Waals surface area contributed by atoms with E-state index in [-0.39, 0.29) is 17.8 Å². The van der Waals surface area contributed by atoms with Crippen LogP contribution in [0.4, 0.5) is 5.69 Å². The molecule has 0 spiro atoms.